The third-order valence-electron chi connectivity index (χ3n) is 3.25. The first kappa shape index (κ1) is 17.4. The molecule has 24 heavy (non-hydrogen) atoms. The molecule has 0 bridgehead atoms. The van der Waals surface area contributed by atoms with E-state index in [4.69, 9.17) is 17.3 Å². The number of pyridine rings is 1. The molecule has 2 rings (SSSR count). The van der Waals surface area contributed by atoms with Crippen molar-refractivity contribution in [3.05, 3.63) is 75.4 Å². The van der Waals surface area contributed by atoms with Crippen molar-refractivity contribution < 1.29 is 9.72 Å². The number of amides is 1. The van der Waals surface area contributed by atoms with Crippen LogP contribution in [0.25, 0.3) is 0 Å². The number of anilines is 1. The summed E-state index contributed by atoms with van der Waals surface area (Å²) >= 11 is 5.90. The normalized spacial score (nSPS) is 10.2. The van der Waals surface area contributed by atoms with Crippen molar-refractivity contribution in [2.45, 2.75) is 6.54 Å². The predicted octanol–water partition coefficient (Wildman–Crippen LogP) is 3.05. The Morgan fingerprint density at radius 1 is 1.46 bits per heavy atom. The van der Waals surface area contributed by atoms with Crippen LogP contribution in [0.15, 0.2) is 49.2 Å². The number of nitrogen functional groups attached to an aromatic ring is 1. The van der Waals surface area contributed by atoms with Gasteiger partial charge in [-0.3, -0.25) is 14.9 Å². The molecule has 0 saturated heterocycles. The molecule has 0 radical (unpaired) electrons. The van der Waals surface area contributed by atoms with Gasteiger partial charge in [-0.2, -0.15) is 0 Å². The molecular formula is C16H15ClN4O3. The van der Waals surface area contributed by atoms with E-state index in [-0.39, 0.29) is 41.1 Å². The molecule has 1 aromatic carbocycles. The number of aromatic nitrogens is 1. The van der Waals surface area contributed by atoms with Crippen molar-refractivity contribution in [3.63, 3.8) is 0 Å². The third kappa shape index (κ3) is 4.08. The van der Waals surface area contributed by atoms with Crippen LogP contribution in [0.3, 0.4) is 0 Å². The molecule has 1 heterocycles. The van der Waals surface area contributed by atoms with Gasteiger partial charge in [-0.1, -0.05) is 29.8 Å². The van der Waals surface area contributed by atoms with E-state index in [1.165, 1.54) is 29.3 Å². The first-order chi connectivity index (χ1) is 11.4. The summed E-state index contributed by atoms with van der Waals surface area (Å²) in [5, 5.41) is 11.1. The Bertz CT molecular complexity index is 795. The molecule has 2 N–H and O–H groups in total. The Hall–Kier alpha value is -2.93. The average molecular weight is 347 g/mol. The lowest BCUT2D eigenvalue weighted by atomic mass is 10.1. The van der Waals surface area contributed by atoms with E-state index in [2.05, 4.69) is 11.6 Å². The summed E-state index contributed by atoms with van der Waals surface area (Å²) in [6.45, 7) is 4.09. The number of nitrogens with zero attached hydrogens (tertiary/aromatic N) is 3. The highest BCUT2D eigenvalue weighted by atomic mass is 35.5. The Kier molecular flexibility index (Phi) is 5.49. The van der Waals surface area contributed by atoms with E-state index in [0.29, 0.717) is 5.56 Å². The van der Waals surface area contributed by atoms with Crippen LogP contribution in [0.5, 0.6) is 0 Å². The van der Waals surface area contributed by atoms with Crippen molar-refractivity contribution in [3.8, 4) is 0 Å². The number of benzene rings is 1. The topological polar surface area (TPSA) is 102 Å². The molecule has 8 heteroatoms. The van der Waals surface area contributed by atoms with Gasteiger partial charge >= 0.3 is 0 Å². The second kappa shape index (κ2) is 7.56. The van der Waals surface area contributed by atoms with Crippen LogP contribution in [-0.4, -0.2) is 27.3 Å². The lowest BCUT2D eigenvalue weighted by molar-refractivity contribution is -0.384. The summed E-state index contributed by atoms with van der Waals surface area (Å²) in [5.74, 6) is -0.182. The van der Waals surface area contributed by atoms with Gasteiger partial charge < -0.3 is 10.6 Å². The molecule has 0 unspecified atom stereocenters. The molecule has 2 aromatic rings. The number of carbonyl (C=O) groups is 1. The van der Waals surface area contributed by atoms with Gasteiger partial charge in [-0.15, -0.1) is 6.58 Å². The minimum Gasteiger partial charge on any atom is -0.382 e. The minimum absolute atomic E-state index is 0.0318. The van der Waals surface area contributed by atoms with Gasteiger partial charge in [0.25, 0.3) is 11.6 Å². The number of rotatable bonds is 6. The van der Waals surface area contributed by atoms with E-state index in [1.54, 1.807) is 18.2 Å². The Labute approximate surface area is 143 Å². The zero-order valence-corrected chi connectivity index (χ0v) is 13.4. The highest BCUT2D eigenvalue weighted by molar-refractivity contribution is 6.33. The molecule has 0 spiro atoms. The number of hydrogen-bond acceptors (Lipinski definition) is 5. The maximum atomic E-state index is 12.6. The standard InChI is InChI=1S/C16H15ClN4O3/c1-2-6-20(10-11-4-3-5-13(7-11)21(23)24)16(22)12-8-14(17)15(18)19-9-12/h2-5,7-9H,1,6,10H2,(H2,18,19). The zero-order chi connectivity index (χ0) is 17.7. The largest absolute Gasteiger partial charge is 0.382 e. The van der Waals surface area contributed by atoms with Gasteiger partial charge in [-0.05, 0) is 11.6 Å². The predicted molar refractivity (Wildman–Crippen MR) is 91.7 cm³/mol. The van der Waals surface area contributed by atoms with Gasteiger partial charge in [0.2, 0.25) is 0 Å². The molecule has 0 fully saturated rings. The molecule has 7 nitrogen and oxygen atoms in total. The first-order valence-corrected chi connectivity index (χ1v) is 7.34. The molecular weight excluding hydrogens is 332 g/mol. The maximum absolute atomic E-state index is 12.6. The quantitative estimate of drug-likeness (QED) is 0.492. The fourth-order valence-corrected chi connectivity index (χ4v) is 2.28. The summed E-state index contributed by atoms with van der Waals surface area (Å²) in [5.41, 5.74) is 6.42. The van der Waals surface area contributed by atoms with Crippen LogP contribution in [0, 0.1) is 10.1 Å². The van der Waals surface area contributed by atoms with Crippen LogP contribution < -0.4 is 5.73 Å². The van der Waals surface area contributed by atoms with E-state index < -0.39 is 4.92 Å². The van der Waals surface area contributed by atoms with Gasteiger partial charge in [0, 0.05) is 31.4 Å². The summed E-state index contributed by atoms with van der Waals surface area (Å²) in [6.07, 6.45) is 2.91. The highest BCUT2D eigenvalue weighted by Gasteiger charge is 2.17. The summed E-state index contributed by atoms with van der Waals surface area (Å²) in [7, 11) is 0. The number of nitro groups is 1. The summed E-state index contributed by atoms with van der Waals surface area (Å²) in [4.78, 5) is 28.4. The van der Waals surface area contributed by atoms with Crippen molar-refractivity contribution in [2.24, 2.45) is 0 Å². The number of carbonyl (C=O) groups excluding carboxylic acids is 1. The number of halogens is 1. The fraction of sp³-hybridized carbons (Fsp3) is 0.125. The SMILES string of the molecule is C=CCN(Cc1cccc([N+](=O)[O-])c1)C(=O)c1cnc(N)c(Cl)c1. The third-order valence-corrected chi connectivity index (χ3v) is 3.55. The molecule has 0 aliphatic heterocycles. The molecule has 124 valence electrons. The molecule has 0 aliphatic carbocycles. The van der Waals surface area contributed by atoms with Crippen molar-refractivity contribution >= 4 is 29.0 Å². The maximum Gasteiger partial charge on any atom is 0.269 e. The van der Waals surface area contributed by atoms with Crippen molar-refractivity contribution in [1.29, 1.82) is 0 Å². The molecule has 1 aromatic heterocycles. The second-order valence-electron chi connectivity index (χ2n) is 4.99. The van der Waals surface area contributed by atoms with E-state index in [9.17, 15) is 14.9 Å². The van der Waals surface area contributed by atoms with Gasteiger partial charge in [-0.25, -0.2) is 4.98 Å². The Morgan fingerprint density at radius 2 is 2.21 bits per heavy atom. The van der Waals surface area contributed by atoms with E-state index in [1.807, 2.05) is 0 Å². The molecule has 1 amide bonds. The van der Waals surface area contributed by atoms with Crippen LogP contribution in [0.1, 0.15) is 15.9 Å². The highest BCUT2D eigenvalue weighted by Crippen LogP contribution is 2.20. The Morgan fingerprint density at radius 3 is 2.83 bits per heavy atom. The fourth-order valence-electron chi connectivity index (χ4n) is 2.11. The molecule has 0 saturated carbocycles. The monoisotopic (exact) mass is 346 g/mol. The molecule has 0 atom stereocenters. The van der Waals surface area contributed by atoms with Gasteiger partial charge in [0.15, 0.2) is 0 Å². The van der Waals surface area contributed by atoms with Crippen LogP contribution in [-0.2, 0) is 6.54 Å². The second-order valence-corrected chi connectivity index (χ2v) is 5.40. The van der Waals surface area contributed by atoms with Crippen LogP contribution in [0.4, 0.5) is 11.5 Å². The smallest absolute Gasteiger partial charge is 0.269 e. The lowest BCUT2D eigenvalue weighted by Gasteiger charge is -2.21. The van der Waals surface area contributed by atoms with Crippen molar-refractivity contribution in [1.82, 2.24) is 9.88 Å². The van der Waals surface area contributed by atoms with Crippen LogP contribution >= 0.6 is 11.6 Å². The number of non-ortho nitro benzene ring substituents is 1. The minimum atomic E-state index is -0.479. The van der Waals surface area contributed by atoms with Gasteiger partial charge in [0.1, 0.15) is 5.82 Å². The summed E-state index contributed by atoms with van der Waals surface area (Å²) < 4.78 is 0. The van der Waals surface area contributed by atoms with Crippen molar-refractivity contribution in [2.75, 3.05) is 12.3 Å². The Balaban J connectivity index is 2.26. The molecule has 0 aliphatic rings. The lowest BCUT2D eigenvalue weighted by Crippen LogP contribution is -2.30. The number of hydrogen-bond donors (Lipinski definition) is 1. The van der Waals surface area contributed by atoms with Gasteiger partial charge in [0.05, 0.1) is 15.5 Å². The zero-order valence-electron chi connectivity index (χ0n) is 12.7. The number of nitro benzene ring substituents is 1. The van der Waals surface area contributed by atoms with E-state index in [0.717, 1.165) is 0 Å². The average Bonchev–Trinajstić information content (AvgIpc) is 2.56. The number of nitrogens with two attached hydrogens (primary N) is 1. The summed E-state index contributed by atoms with van der Waals surface area (Å²) in [6, 6.07) is 7.55. The first-order valence-electron chi connectivity index (χ1n) is 6.97. The van der Waals surface area contributed by atoms with E-state index >= 15 is 0 Å². The van der Waals surface area contributed by atoms with Crippen LogP contribution in [0.2, 0.25) is 5.02 Å².